The molecule has 0 saturated heterocycles. The van der Waals surface area contributed by atoms with E-state index in [2.05, 4.69) is 15.9 Å². The second-order valence-electron chi connectivity index (χ2n) is 4.80. The van der Waals surface area contributed by atoms with Crippen molar-refractivity contribution in [2.45, 2.75) is 12.0 Å². The predicted molar refractivity (Wildman–Crippen MR) is 86.8 cm³/mol. The molecule has 0 aliphatic rings. The van der Waals surface area contributed by atoms with Crippen molar-refractivity contribution >= 4 is 27.7 Å². The van der Waals surface area contributed by atoms with Crippen LogP contribution in [0.1, 0.15) is 23.1 Å². The molecule has 0 amide bonds. The lowest BCUT2D eigenvalue weighted by atomic mass is 9.89. The van der Waals surface area contributed by atoms with E-state index in [0.29, 0.717) is 6.54 Å². The fraction of sp³-hybridized carbons (Fsp3) is 0.250. The Morgan fingerprint density at radius 1 is 1.05 bits per heavy atom. The normalized spacial score (nSPS) is 14.2. The molecule has 0 heterocycles. The summed E-state index contributed by atoms with van der Waals surface area (Å²) >= 11 is 9.40. The largest absolute Gasteiger partial charge is 0.388 e. The third-order valence-electron chi connectivity index (χ3n) is 3.27. The number of hydrogen-bond acceptors (Lipinski definition) is 2. The fourth-order valence-electron chi connectivity index (χ4n) is 2.25. The highest BCUT2D eigenvalue weighted by Gasteiger charge is 2.23. The van der Waals surface area contributed by atoms with Gasteiger partial charge >= 0.3 is 0 Å². The molecule has 0 fully saturated rings. The average Bonchev–Trinajstić information content (AvgIpc) is 2.45. The molecule has 2 unspecified atom stereocenters. The number of halogens is 2. The molecule has 0 aromatic heterocycles. The van der Waals surface area contributed by atoms with Crippen LogP contribution in [0.2, 0.25) is 0 Å². The quantitative estimate of drug-likeness (QED) is 0.807. The molecule has 0 radical (unpaired) electrons. The standard InChI is InChI=1S/C16H17BrClNO/c1-19(18)11-15(12-5-3-2-4-6-12)16(20)13-7-9-14(17)10-8-13/h2-10,15-16,20H,11H2,1H3. The van der Waals surface area contributed by atoms with Crippen molar-refractivity contribution in [2.24, 2.45) is 0 Å². The van der Waals surface area contributed by atoms with Crippen molar-refractivity contribution in [1.29, 1.82) is 0 Å². The summed E-state index contributed by atoms with van der Waals surface area (Å²) in [5.74, 6) is -0.0696. The van der Waals surface area contributed by atoms with Crippen molar-refractivity contribution in [2.75, 3.05) is 13.6 Å². The van der Waals surface area contributed by atoms with Gasteiger partial charge in [-0.1, -0.05) is 58.4 Å². The van der Waals surface area contributed by atoms with Gasteiger partial charge in [-0.3, -0.25) is 0 Å². The lowest BCUT2D eigenvalue weighted by Gasteiger charge is -2.25. The highest BCUT2D eigenvalue weighted by atomic mass is 79.9. The van der Waals surface area contributed by atoms with Crippen LogP contribution in [0.3, 0.4) is 0 Å². The maximum absolute atomic E-state index is 10.7. The van der Waals surface area contributed by atoms with Crippen LogP contribution >= 0.6 is 27.7 Å². The van der Waals surface area contributed by atoms with Gasteiger partial charge in [0, 0.05) is 24.0 Å². The number of aliphatic hydroxyl groups excluding tert-OH is 1. The second-order valence-corrected chi connectivity index (χ2v) is 6.29. The van der Waals surface area contributed by atoms with E-state index in [1.807, 2.05) is 54.6 Å². The van der Waals surface area contributed by atoms with E-state index in [1.165, 1.54) is 0 Å². The van der Waals surface area contributed by atoms with E-state index in [1.54, 1.807) is 11.5 Å². The van der Waals surface area contributed by atoms with Gasteiger partial charge in [0.05, 0.1) is 6.10 Å². The summed E-state index contributed by atoms with van der Waals surface area (Å²) in [6.07, 6.45) is -0.591. The third-order valence-corrected chi connectivity index (χ3v) is 3.94. The molecule has 4 heteroatoms. The molecular formula is C16H17BrClNO. The zero-order chi connectivity index (χ0) is 14.5. The first-order valence-corrected chi connectivity index (χ1v) is 7.56. The molecule has 2 atom stereocenters. The lowest BCUT2D eigenvalue weighted by Crippen LogP contribution is -2.22. The van der Waals surface area contributed by atoms with Crippen LogP contribution in [0.25, 0.3) is 0 Å². The summed E-state index contributed by atoms with van der Waals surface area (Å²) in [4.78, 5) is 0. The Morgan fingerprint density at radius 3 is 2.20 bits per heavy atom. The van der Waals surface area contributed by atoms with Crippen molar-refractivity contribution in [3.05, 3.63) is 70.2 Å². The van der Waals surface area contributed by atoms with Crippen LogP contribution in [-0.4, -0.2) is 23.1 Å². The highest BCUT2D eigenvalue weighted by molar-refractivity contribution is 9.10. The Labute approximate surface area is 133 Å². The minimum absolute atomic E-state index is 0.0696. The van der Waals surface area contributed by atoms with Gasteiger partial charge in [-0.2, -0.15) is 0 Å². The van der Waals surface area contributed by atoms with E-state index in [0.717, 1.165) is 15.6 Å². The van der Waals surface area contributed by atoms with Gasteiger partial charge in [-0.25, -0.2) is 4.42 Å². The van der Waals surface area contributed by atoms with Gasteiger partial charge in [0.1, 0.15) is 0 Å². The number of aliphatic hydroxyl groups is 1. The number of nitrogens with zero attached hydrogens (tertiary/aromatic N) is 1. The molecular weight excluding hydrogens is 338 g/mol. The van der Waals surface area contributed by atoms with E-state index in [-0.39, 0.29) is 5.92 Å². The van der Waals surface area contributed by atoms with E-state index >= 15 is 0 Å². The Balaban J connectivity index is 2.28. The predicted octanol–water partition coefficient (Wildman–Crippen LogP) is 4.35. The van der Waals surface area contributed by atoms with E-state index < -0.39 is 6.10 Å². The van der Waals surface area contributed by atoms with Crippen LogP contribution in [0.5, 0.6) is 0 Å². The van der Waals surface area contributed by atoms with E-state index in [9.17, 15) is 5.11 Å². The van der Waals surface area contributed by atoms with Crippen LogP contribution in [0.4, 0.5) is 0 Å². The van der Waals surface area contributed by atoms with Gasteiger partial charge in [0.2, 0.25) is 0 Å². The number of hydrogen-bond donors (Lipinski definition) is 1. The first kappa shape index (κ1) is 15.5. The monoisotopic (exact) mass is 353 g/mol. The fourth-order valence-corrected chi connectivity index (χ4v) is 2.66. The summed E-state index contributed by atoms with van der Waals surface area (Å²) in [6, 6.07) is 17.7. The lowest BCUT2D eigenvalue weighted by molar-refractivity contribution is 0.136. The van der Waals surface area contributed by atoms with E-state index in [4.69, 9.17) is 11.8 Å². The van der Waals surface area contributed by atoms with Crippen LogP contribution < -0.4 is 0 Å². The highest BCUT2D eigenvalue weighted by Crippen LogP contribution is 2.32. The van der Waals surface area contributed by atoms with Gasteiger partial charge in [0.25, 0.3) is 0 Å². The van der Waals surface area contributed by atoms with Gasteiger partial charge < -0.3 is 5.11 Å². The molecule has 0 aliphatic carbocycles. The molecule has 2 nitrogen and oxygen atoms in total. The SMILES string of the molecule is CN(Cl)CC(c1ccccc1)C(O)c1ccc(Br)cc1. The maximum Gasteiger partial charge on any atom is 0.0871 e. The molecule has 0 aliphatic heterocycles. The minimum atomic E-state index is -0.591. The summed E-state index contributed by atoms with van der Waals surface area (Å²) in [5.41, 5.74) is 1.97. The molecule has 0 spiro atoms. The molecule has 0 bridgehead atoms. The van der Waals surface area contributed by atoms with Crippen molar-refractivity contribution in [1.82, 2.24) is 4.42 Å². The van der Waals surface area contributed by atoms with Gasteiger partial charge in [0.15, 0.2) is 0 Å². The molecule has 2 aromatic carbocycles. The molecule has 2 aromatic rings. The molecule has 106 valence electrons. The van der Waals surface area contributed by atoms with Crippen molar-refractivity contribution < 1.29 is 5.11 Å². The summed E-state index contributed by atoms with van der Waals surface area (Å²) < 4.78 is 2.58. The zero-order valence-corrected chi connectivity index (χ0v) is 13.6. The molecule has 1 N–H and O–H groups in total. The Bertz CT molecular complexity index is 530. The first-order chi connectivity index (χ1) is 9.58. The second kappa shape index (κ2) is 7.23. The smallest absolute Gasteiger partial charge is 0.0871 e. The van der Waals surface area contributed by atoms with Gasteiger partial charge in [-0.05, 0) is 35.0 Å². The van der Waals surface area contributed by atoms with Crippen molar-refractivity contribution in [3.63, 3.8) is 0 Å². The molecule has 20 heavy (non-hydrogen) atoms. The van der Waals surface area contributed by atoms with Crippen LogP contribution in [-0.2, 0) is 0 Å². The molecule has 2 rings (SSSR count). The van der Waals surface area contributed by atoms with Crippen molar-refractivity contribution in [3.8, 4) is 0 Å². The maximum atomic E-state index is 10.7. The topological polar surface area (TPSA) is 23.5 Å². The number of benzene rings is 2. The number of rotatable bonds is 5. The summed E-state index contributed by atoms with van der Waals surface area (Å²) in [5, 5.41) is 10.7. The zero-order valence-electron chi connectivity index (χ0n) is 11.2. The summed E-state index contributed by atoms with van der Waals surface area (Å²) in [6.45, 7) is 0.572. The Morgan fingerprint density at radius 2 is 1.65 bits per heavy atom. The third kappa shape index (κ3) is 4.06. The first-order valence-electron chi connectivity index (χ1n) is 6.43. The van der Waals surface area contributed by atoms with Gasteiger partial charge in [-0.15, -0.1) is 0 Å². The summed E-state index contributed by atoms with van der Waals surface area (Å²) in [7, 11) is 1.80. The molecule has 0 saturated carbocycles. The Hall–Kier alpha value is -0.870. The number of likely N-dealkylation sites (N-methyl/N-ethyl adjacent to an activating group) is 1. The van der Waals surface area contributed by atoms with Crippen LogP contribution in [0.15, 0.2) is 59.1 Å². The van der Waals surface area contributed by atoms with Crippen LogP contribution in [0, 0.1) is 0 Å². The average molecular weight is 355 g/mol. The Kier molecular flexibility index (Phi) is 5.61. The minimum Gasteiger partial charge on any atom is -0.388 e.